The fraction of sp³-hybridized carbons (Fsp3) is 0.419. The predicted octanol–water partition coefficient (Wildman–Crippen LogP) is 7.32. The van der Waals surface area contributed by atoms with E-state index in [1.54, 1.807) is 43.5 Å². The van der Waals surface area contributed by atoms with Crippen LogP contribution in [0.2, 0.25) is 0 Å². The van der Waals surface area contributed by atoms with E-state index in [0.717, 1.165) is 30.2 Å². The second-order valence-corrected chi connectivity index (χ2v) is 11.1. The molecule has 1 heterocycles. The third kappa shape index (κ3) is 6.56. The molecule has 39 heavy (non-hydrogen) atoms. The number of hydrogen-bond donors (Lipinski definition) is 1. The van der Waals surface area contributed by atoms with Crippen LogP contribution in [0.1, 0.15) is 68.7 Å². The number of nitrogens with zero attached hydrogens (tertiary/aromatic N) is 1. The van der Waals surface area contributed by atoms with Gasteiger partial charge in [0.05, 0.1) is 25.8 Å². The zero-order chi connectivity index (χ0) is 28.3. The molecule has 1 fully saturated rings. The maximum Gasteiger partial charge on any atom is 0.303 e. The highest BCUT2D eigenvalue weighted by Gasteiger charge is 2.36. The molecule has 3 aromatic rings. The Morgan fingerprint density at radius 2 is 1.82 bits per heavy atom. The average molecular weight is 540 g/mol. The Bertz CT molecular complexity index is 1330. The number of aliphatic carboxylic acids is 1. The van der Waals surface area contributed by atoms with E-state index in [0.29, 0.717) is 16.7 Å². The number of hydrogen-bond acceptors (Lipinski definition) is 5. The van der Waals surface area contributed by atoms with Crippen molar-refractivity contribution in [1.82, 2.24) is 4.98 Å². The van der Waals surface area contributed by atoms with Gasteiger partial charge >= 0.3 is 5.97 Å². The van der Waals surface area contributed by atoms with Gasteiger partial charge in [0.25, 0.3) is 0 Å². The number of methoxy groups -OCH3 is 2. The van der Waals surface area contributed by atoms with Crippen LogP contribution in [0.5, 0.6) is 11.6 Å². The van der Waals surface area contributed by atoms with Crippen LogP contribution in [0.25, 0.3) is 11.1 Å². The number of carboxylic acid groups (broad SMARTS) is 1. The predicted molar refractivity (Wildman–Crippen MR) is 144 cm³/mol. The lowest BCUT2D eigenvalue weighted by Gasteiger charge is -2.32. The van der Waals surface area contributed by atoms with Crippen LogP contribution in [-0.2, 0) is 16.1 Å². The molecule has 208 valence electrons. The van der Waals surface area contributed by atoms with E-state index >= 15 is 4.39 Å². The van der Waals surface area contributed by atoms with Gasteiger partial charge in [-0.2, -0.15) is 0 Å². The fourth-order valence-electron chi connectivity index (χ4n) is 5.15. The SMILES string of the molecule is COc1cc(-c2ccc(COc3cccc([C@H](CC(=O)O)C4CC4)c3F)cc2[C@@H](OC)C(C)(C)C)c(F)cn1. The summed E-state index contributed by atoms with van der Waals surface area (Å²) in [6.07, 6.45) is 2.42. The summed E-state index contributed by atoms with van der Waals surface area (Å²) in [4.78, 5) is 15.3. The first kappa shape index (κ1) is 28.5. The Hall–Kier alpha value is -3.52. The van der Waals surface area contributed by atoms with Crippen molar-refractivity contribution in [3.05, 3.63) is 77.0 Å². The lowest BCUT2D eigenvalue weighted by atomic mass is 9.81. The maximum absolute atomic E-state index is 15.5. The molecule has 2 atom stereocenters. The van der Waals surface area contributed by atoms with Gasteiger partial charge in [0.2, 0.25) is 5.88 Å². The van der Waals surface area contributed by atoms with E-state index in [1.807, 2.05) is 26.8 Å². The second kappa shape index (κ2) is 11.7. The lowest BCUT2D eigenvalue weighted by Crippen LogP contribution is -2.21. The Balaban J connectivity index is 1.67. The van der Waals surface area contributed by atoms with Crippen molar-refractivity contribution in [3.63, 3.8) is 0 Å². The van der Waals surface area contributed by atoms with Crippen molar-refractivity contribution >= 4 is 5.97 Å². The van der Waals surface area contributed by atoms with Gasteiger partial charge in [-0.3, -0.25) is 4.79 Å². The van der Waals surface area contributed by atoms with Crippen molar-refractivity contribution in [2.75, 3.05) is 14.2 Å². The first-order valence-electron chi connectivity index (χ1n) is 13.0. The number of carboxylic acids is 1. The van der Waals surface area contributed by atoms with Crippen molar-refractivity contribution < 1.29 is 32.9 Å². The average Bonchev–Trinajstić information content (AvgIpc) is 3.72. The van der Waals surface area contributed by atoms with E-state index in [-0.39, 0.29) is 48.0 Å². The molecule has 1 aliphatic rings. The van der Waals surface area contributed by atoms with Crippen LogP contribution in [0.4, 0.5) is 8.78 Å². The Morgan fingerprint density at radius 3 is 2.44 bits per heavy atom. The number of rotatable bonds is 11. The van der Waals surface area contributed by atoms with Crippen molar-refractivity contribution in [3.8, 4) is 22.8 Å². The first-order valence-corrected chi connectivity index (χ1v) is 13.0. The van der Waals surface area contributed by atoms with Gasteiger partial charge in [-0.25, -0.2) is 13.8 Å². The largest absolute Gasteiger partial charge is 0.486 e. The summed E-state index contributed by atoms with van der Waals surface area (Å²) in [6, 6.07) is 11.9. The molecule has 4 rings (SSSR count). The molecule has 1 N–H and O–H groups in total. The Labute approximate surface area is 227 Å². The number of pyridine rings is 1. The minimum atomic E-state index is -0.944. The number of benzene rings is 2. The minimum absolute atomic E-state index is 0.0589. The summed E-state index contributed by atoms with van der Waals surface area (Å²) in [5, 5.41) is 9.34. The lowest BCUT2D eigenvalue weighted by molar-refractivity contribution is -0.137. The van der Waals surface area contributed by atoms with Crippen LogP contribution in [-0.4, -0.2) is 30.3 Å². The van der Waals surface area contributed by atoms with Crippen LogP contribution < -0.4 is 9.47 Å². The van der Waals surface area contributed by atoms with Gasteiger partial charge in [-0.15, -0.1) is 0 Å². The molecule has 0 radical (unpaired) electrons. The summed E-state index contributed by atoms with van der Waals surface area (Å²) >= 11 is 0. The first-order chi connectivity index (χ1) is 18.5. The third-order valence-electron chi connectivity index (χ3n) is 7.12. The number of halogens is 2. The molecular formula is C31H35F2NO5. The van der Waals surface area contributed by atoms with Gasteiger partial charge in [0, 0.05) is 24.7 Å². The minimum Gasteiger partial charge on any atom is -0.486 e. The highest BCUT2D eigenvalue weighted by molar-refractivity contribution is 5.70. The molecule has 0 aliphatic heterocycles. The van der Waals surface area contributed by atoms with Crippen LogP contribution in [0, 0.1) is 23.0 Å². The van der Waals surface area contributed by atoms with Gasteiger partial charge < -0.3 is 19.3 Å². The van der Waals surface area contributed by atoms with Gasteiger partial charge in [-0.05, 0) is 58.6 Å². The van der Waals surface area contributed by atoms with Gasteiger partial charge in [-0.1, -0.05) is 45.0 Å². The molecular weight excluding hydrogens is 504 g/mol. The van der Waals surface area contributed by atoms with E-state index in [2.05, 4.69) is 4.98 Å². The van der Waals surface area contributed by atoms with Crippen LogP contribution >= 0.6 is 0 Å². The summed E-state index contributed by atoms with van der Waals surface area (Å²) in [7, 11) is 3.09. The highest BCUT2D eigenvalue weighted by atomic mass is 19.1. The highest BCUT2D eigenvalue weighted by Crippen LogP contribution is 2.46. The van der Waals surface area contributed by atoms with E-state index < -0.39 is 17.6 Å². The zero-order valence-corrected chi connectivity index (χ0v) is 23.0. The quantitative estimate of drug-likeness (QED) is 0.275. The molecule has 0 amide bonds. The normalized spacial score (nSPS) is 15.1. The Morgan fingerprint density at radius 1 is 1.08 bits per heavy atom. The smallest absolute Gasteiger partial charge is 0.303 e. The molecule has 1 aliphatic carbocycles. The summed E-state index contributed by atoms with van der Waals surface area (Å²) in [5.41, 5.74) is 2.52. The van der Waals surface area contributed by atoms with E-state index in [4.69, 9.17) is 14.2 Å². The monoisotopic (exact) mass is 539 g/mol. The summed E-state index contributed by atoms with van der Waals surface area (Å²) in [5.74, 6) is -1.80. The molecule has 6 nitrogen and oxygen atoms in total. The standard InChI is InChI=1S/C31H35F2NO5/c1-31(2,3)30(38-5)24-13-18(9-12-20(24)23-14-27(37-4)34-16-25(23)32)17-39-26-8-6-7-21(29(26)33)22(15-28(35)36)19-10-11-19/h6-9,12-14,16,19,22,30H,10-11,15,17H2,1-5H3,(H,35,36)/t22-,30-/m1/s1. The molecule has 0 spiro atoms. The van der Waals surface area contributed by atoms with Crippen molar-refractivity contribution in [2.45, 2.75) is 58.7 Å². The molecule has 0 saturated heterocycles. The molecule has 1 aromatic heterocycles. The maximum atomic E-state index is 15.5. The molecule has 2 aromatic carbocycles. The summed E-state index contributed by atoms with van der Waals surface area (Å²) < 4.78 is 47.4. The topological polar surface area (TPSA) is 77.9 Å². The van der Waals surface area contributed by atoms with Crippen LogP contribution in [0.3, 0.4) is 0 Å². The third-order valence-corrected chi connectivity index (χ3v) is 7.12. The zero-order valence-electron chi connectivity index (χ0n) is 23.0. The van der Waals surface area contributed by atoms with Gasteiger partial charge in [0.1, 0.15) is 12.4 Å². The van der Waals surface area contributed by atoms with E-state index in [1.165, 1.54) is 7.11 Å². The fourth-order valence-corrected chi connectivity index (χ4v) is 5.15. The van der Waals surface area contributed by atoms with Crippen molar-refractivity contribution in [1.29, 1.82) is 0 Å². The van der Waals surface area contributed by atoms with Crippen molar-refractivity contribution in [2.24, 2.45) is 11.3 Å². The second-order valence-electron chi connectivity index (χ2n) is 11.1. The number of ether oxygens (including phenoxy) is 3. The Kier molecular flexibility index (Phi) is 8.54. The number of aromatic nitrogens is 1. The molecule has 0 bridgehead atoms. The molecule has 0 unspecified atom stereocenters. The molecule has 8 heteroatoms. The van der Waals surface area contributed by atoms with E-state index in [9.17, 15) is 14.3 Å². The molecule has 1 saturated carbocycles. The van der Waals surface area contributed by atoms with Crippen LogP contribution in [0.15, 0.2) is 48.7 Å². The summed E-state index contributed by atoms with van der Waals surface area (Å²) in [6.45, 7) is 6.16. The number of carbonyl (C=O) groups is 1. The van der Waals surface area contributed by atoms with Gasteiger partial charge in [0.15, 0.2) is 11.6 Å².